The van der Waals surface area contributed by atoms with Gasteiger partial charge in [-0.2, -0.15) is 14.4 Å². The minimum absolute atomic E-state index is 0.0556. The fourth-order valence-corrected chi connectivity index (χ4v) is 3.40. The van der Waals surface area contributed by atoms with Gasteiger partial charge in [-0.05, 0) is 66.6 Å². The maximum absolute atomic E-state index is 13.8. The number of allylic oxidation sites excluding steroid dienone is 2. The van der Waals surface area contributed by atoms with Crippen LogP contribution >= 0.6 is 22.6 Å². The van der Waals surface area contributed by atoms with Crippen LogP contribution in [0.4, 0.5) is 10.2 Å². The van der Waals surface area contributed by atoms with Crippen molar-refractivity contribution in [1.29, 1.82) is 0 Å². The van der Waals surface area contributed by atoms with E-state index < -0.39 is 6.08 Å². The van der Waals surface area contributed by atoms with Crippen LogP contribution in [0.5, 0.6) is 5.75 Å². The monoisotopic (exact) mass is 481 g/mol. The van der Waals surface area contributed by atoms with Gasteiger partial charge in [-0.15, -0.1) is 0 Å². The number of fused-ring (bicyclic) bond motifs is 1. The highest BCUT2D eigenvalue weighted by atomic mass is 127. The van der Waals surface area contributed by atoms with Crippen molar-refractivity contribution in [2.45, 2.75) is 33.2 Å². The zero-order chi connectivity index (χ0) is 19.6. The fourth-order valence-electron chi connectivity index (χ4n) is 2.88. The first-order valence-corrected chi connectivity index (χ1v) is 9.60. The molecule has 0 aliphatic rings. The van der Waals surface area contributed by atoms with E-state index >= 15 is 0 Å². The summed E-state index contributed by atoms with van der Waals surface area (Å²) in [6.45, 7) is 4.73. The maximum Gasteiger partial charge on any atom is 0.312 e. The van der Waals surface area contributed by atoms with Crippen molar-refractivity contribution in [3.63, 3.8) is 0 Å². The van der Waals surface area contributed by atoms with E-state index in [0.29, 0.717) is 24.1 Å². The summed E-state index contributed by atoms with van der Waals surface area (Å²) in [5.41, 5.74) is 9.04. The number of aryl methyl sites for hydroxylation is 1. The smallest absolute Gasteiger partial charge is 0.312 e. The summed E-state index contributed by atoms with van der Waals surface area (Å²) in [5, 5.41) is 0. The highest BCUT2D eigenvalue weighted by Gasteiger charge is 2.17. The van der Waals surface area contributed by atoms with E-state index in [1.165, 1.54) is 5.57 Å². The van der Waals surface area contributed by atoms with E-state index in [-0.39, 0.29) is 5.82 Å². The Kier molecular flexibility index (Phi) is 5.93. The summed E-state index contributed by atoms with van der Waals surface area (Å²) in [7, 11) is 1.64. The molecule has 0 aliphatic carbocycles. The molecule has 142 valence electrons. The Morgan fingerprint density at radius 3 is 2.78 bits per heavy atom. The number of aromatic nitrogens is 4. The largest absolute Gasteiger partial charge is 0.497 e. The van der Waals surface area contributed by atoms with E-state index in [1.807, 2.05) is 36.6 Å². The number of methoxy groups -OCH3 is 1. The minimum atomic E-state index is -0.842. The van der Waals surface area contributed by atoms with Crippen LogP contribution in [-0.2, 0) is 13.0 Å². The summed E-state index contributed by atoms with van der Waals surface area (Å²) < 4.78 is 22.1. The number of nitrogens with two attached hydrogens (primary N) is 1. The number of halogens is 2. The van der Waals surface area contributed by atoms with Gasteiger partial charge in [-0.1, -0.05) is 11.6 Å². The second-order valence-electron chi connectivity index (χ2n) is 6.43. The molecule has 0 bridgehead atoms. The maximum atomic E-state index is 13.8. The van der Waals surface area contributed by atoms with Crippen LogP contribution in [0.1, 0.15) is 31.7 Å². The zero-order valence-electron chi connectivity index (χ0n) is 15.5. The lowest BCUT2D eigenvalue weighted by Crippen LogP contribution is -2.07. The molecule has 2 N–H and O–H groups in total. The van der Waals surface area contributed by atoms with Crippen LogP contribution < -0.4 is 10.5 Å². The van der Waals surface area contributed by atoms with Crippen molar-refractivity contribution >= 4 is 39.6 Å². The number of imidazole rings is 1. The molecule has 3 aromatic rings. The summed E-state index contributed by atoms with van der Waals surface area (Å²) in [5.74, 6) is 1.60. The fraction of sp³-hybridized carbons (Fsp3) is 0.316. The number of rotatable bonds is 6. The van der Waals surface area contributed by atoms with Crippen LogP contribution in [0.15, 0.2) is 29.8 Å². The Hall–Kier alpha value is -2.23. The van der Waals surface area contributed by atoms with Crippen molar-refractivity contribution in [2.75, 3.05) is 12.8 Å². The predicted octanol–water partition coefficient (Wildman–Crippen LogP) is 4.11. The molecule has 8 heteroatoms. The second-order valence-corrected chi connectivity index (χ2v) is 7.60. The third-order valence-corrected chi connectivity index (χ3v) is 5.23. The topological polar surface area (TPSA) is 78.8 Å². The minimum Gasteiger partial charge on any atom is -0.497 e. The van der Waals surface area contributed by atoms with E-state index in [1.54, 1.807) is 7.11 Å². The normalized spacial score (nSPS) is 11.0. The summed E-state index contributed by atoms with van der Waals surface area (Å²) in [6.07, 6.45) is 2.64. The lowest BCUT2D eigenvalue weighted by Gasteiger charge is -2.10. The average Bonchev–Trinajstić information content (AvgIpc) is 2.94. The number of hydrogen-bond acceptors (Lipinski definition) is 5. The molecule has 0 radical (unpaired) electrons. The average molecular weight is 481 g/mol. The molecule has 0 spiro atoms. The van der Waals surface area contributed by atoms with Gasteiger partial charge < -0.3 is 15.0 Å². The summed E-state index contributed by atoms with van der Waals surface area (Å²) in [4.78, 5) is 12.2. The Morgan fingerprint density at radius 1 is 1.30 bits per heavy atom. The van der Waals surface area contributed by atoms with Crippen LogP contribution in [0.2, 0.25) is 0 Å². The van der Waals surface area contributed by atoms with Crippen LogP contribution in [0.25, 0.3) is 11.2 Å². The molecule has 0 unspecified atom stereocenters. The molecule has 6 nitrogen and oxygen atoms in total. The molecule has 2 heterocycles. The quantitative estimate of drug-likeness (QED) is 0.326. The van der Waals surface area contributed by atoms with Gasteiger partial charge in [0.25, 0.3) is 0 Å². The molecule has 0 amide bonds. The van der Waals surface area contributed by atoms with Crippen molar-refractivity contribution in [3.05, 3.63) is 50.9 Å². The Morgan fingerprint density at radius 2 is 2.07 bits per heavy atom. The standard InChI is InChI=1S/C19H21FIN5O/c1-11(2)5-4-8-26-15(10-12-9-13(27-3)6-7-14(12)21)23-16-17(22)24-19(20)25-18(16)26/h5-7,9H,4,8,10H2,1-3H3,(H2,22,24,25). The number of nitrogens with zero attached hydrogens (tertiary/aromatic N) is 4. The number of anilines is 1. The van der Waals surface area contributed by atoms with Gasteiger partial charge in [0.1, 0.15) is 11.6 Å². The van der Waals surface area contributed by atoms with Gasteiger partial charge in [0.2, 0.25) is 0 Å². The third kappa shape index (κ3) is 4.37. The Labute approximate surface area is 170 Å². The predicted molar refractivity (Wildman–Crippen MR) is 112 cm³/mol. The number of benzene rings is 1. The molecular weight excluding hydrogens is 460 g/mol. The van der Waals surface area contributed by atoms with Crippen LogP contribution in [0, 0.1) is 9.65 Å². The number of hydrogen-bond donors (Lipinski definition) is 1. The second kappa shape index (κ2) is 8.20. The Balaban J connectivity index is 2.08. The molecule has 0 saturated carbocycles. The lowest BCUT2D eigenvalue weighted by molar-refractivity contribution is 0.414. The molecule has 1 aromatic carbocycles. The molecule has 0 aliphatic heterocycles. The van der Waals surface area contributed by atoms with Gasteiger partial charge in [0.15, 0.2) is 17.0 Å². The molecule has 3 rings (SSSR count). The first-order valence-electron chi connectivity index (χ1n) is 8.53. The van der Waals surface area contributed by atoms with Crippen molar-refractivity contribution in [1.82, 2.24) is 19.5 Å². The van der Waals surface area contributed by atoms with E-state index in [9.17, 15) is 4.39 Å². The van der Waals surface area contributed by atoms with E-state index in [4.69, 9.17) is 10.5 Å². The molecular formula is C19H21FIN5O. The summed E-state index contributed by atoms with van der Waals surface area (Å²) >= 11 is 2.28. The van der Waals surface area contributed by atoms with Crippen LogP contribution in [-0.4, -0.2) is 26.6 Å². The summed E-state index contributed by atoms with van der Waals surface area (Å²) in [6, 6.07) is 5.90. The van der Waals surface area contributed by atoms with Gasteiger partial charge >= 0.3 is 6.08 Å². The van der Waals surface area contributed by atoms with E-state index in [0.717, 1.165) is 27.1 Å². The van der Waals surface area contributed by atoms with Gasteiger partial charge in [0, 0.05) is 16.5 Å². The van der Waals surface area contributed by atoms with Crippen molar-refractivity contribution in [3.8, 4) is 5.75 Å². The highest BCUT2D eigenvalue weighted by molar-refractivity contribution is 14.1. The molecule has 0 fully saturated rings. The van der Waals surface area contributed by atoms with Gasteiger partial charge in [-0.25, -0.2) is 4.98 Å². The highest BCUT2D eigenvalue weighted by Crippen LogP contribution is 2.25. The Bertz CT molecular complexity index is 1010. The third-order valence-electron chi connectivity index (χ3n) is 4.18. The zero-order valence-corrected chi connectivity index (χ0v) is 17.6. The molecule has 27 heavy (non-hydrogen) atoms. The van der Waals surface area contributed by atoms with Crippen molar-refractivity contribution in [2.24, 2.45) is 0 Å². The number of ether oxygens (including phenoxy) is 1. The lowest BCUT2D eigenvalue weighted by atomic mass is 10.1. The molecule has 0 atom stereocenters. The molecule has 2 aromatic heterocycles. The van der Waals surface area contributed by atoms with E-state index in [2.05, 4.69) is 43.6 Å². The van der Waals surface area contributed by atoms with Crippen molar-refractivity contribution < 1.29 is 9.13 Å². The van der Waals surface area contributed by atoms with Crippen LogP contribution in [0.3, 0.4) is 0 Å². The SMILES string of the molecule is COc1ccc(I)c(Cc2nc3c(N)nc(F)nc3n2CCC=C(C)C)c1. The van der Waals surface area contributed by atoms with Gasteiger partial charge in [-0.3, -0.25) is 0 Å². The number of nitrogen functional groups attached to an aromatic ring is 1. The molecule has 0 saturated heterocycles. The first kappa shape index (κ1) is 19.5. The van der Waals surface area contributed by atoms with Gasteiger partial charge in [0.05, 0.1) is 7.11 Å². The first-order chi connectivity index (χ1) is 12.9.